The number of aromatic amines is 3. The van der Waals surface area contributed by atoms with E-state index >= 15 is 0 Å². The lowest BCUT2D eigenvalue weighted by atomic mass is 10.0. The van der Waals surface area contributed by atoms with E-state index in [9.17, 15) is 29.9 Å². The molecule has 3 aromatic carbocycles. The predicted octanol–water partition coefficient (Wildman–Crippen LogP) is 3.44. The highest BCUT2D eigenvalue weighted by Gasteiger charge is 2.24. The van der Waals surface area contributed by atoms with Gasteiger partial charge in [-0.25, -0.2) is 0 Å². The minimum Gasteiger partial charge on any atom is -0.508 e. The van der Waals surface area contributed by atoms with Gasteiger partial charge in [-0.15, -0.1) is 0 Å². The maximum Gasteiger partial charge on any atom is 0.320 e. The Balaban J connectivity index is 0.000000160. The molecule has 6 aromatic rings. The SMILES string of the molecule is NC(Cc1c[nH]c2ccc(O)c([N+](=O)[O-])c12)C(=O)O.NC(Cc1c[nH]c2ccc(O)cc12)C(=O)O.Oc1ccc2[nH]ccc2c1. The number of nitro benzene ring substituents is 1. The number of carbonyl (C=O) groups is 2. The van der Waals surface area contributed by atoms with Crippen LogP contribution in [0.3, 0.4) is 0 Å². The molecule has 0 aliphatic heterocycles. The van der Waals surface area contributed by atoms with Crippen LogP contribution >= 0.6 is 0 Å². The summed E-state index contributed by atoms with van der Waals surface area (Å²) in [7, 11) is 0. The number of H-pyrrole nitrogens is 3. The Morgan fingerprint density at radius 3 is 1.96 bits per heavy atom. The van der Waals surface area contributed by atoms with Gasteiger partial charge in [-0.3, -0.25) is 19.7 Å². The number of nitrogens with zero attached hydrogens (tertiary/aromatic N) is 1. The third kappa shape index (κ3) is 7.48. The number of carboxylic acids is 2. The molecule has 45 heavy (non-hydrogen) atoms. The van der Waals surface area contributed by atoms with E-state index in [4.69, 9.17) is 26.8 Å². The normalized spacial score (nSPS) is 12.1. The lowest BCUT2D eigenvalue weighted by Gasteiger charge is -2.05. The molecule has 3 heterocycles. The summed E-state index contributed by atoms with van der Waals surface area (Å²) < 4.78 is 0. The molecule has 2 atom stereocenters. The monoisotopic (exact) mass is 618 g/mol. The Labute approximate surface area is 253 Å². The smallest absolute Gasteiger partial charge is 0.320 e. The largest absolute Gasteiger partial charge is 0.508 e. The second kappa shape index (κ2) is 13.5. The fourth-order valence-electron chi connectivity index (χ4n) is 4.63. The highest BCUT2D eigenvalue weighted by Crippen LogP contribution is 2.36. The average molecular weight is 619 g/mol. The van der Waals surface area contributed by atoms with Crippen molar-refractivity contribution in [1.82, 2.24) is 15.0 Å². The number of hydrogen-bond donors (Lipinski definition) is 10. The van der Waals surface area contributed by atoms with Gasteiger partial charge >= 0.3 is 17.6 Å². The number of fused-ring (bicyclic) bond motifs is 3. The summed E-state index contributed by atoms with van der Waals surface area (Å²) in [6, 6.07) is 12.7. The third-order valence-electron chi connectivity index (χ3n) is 6.86. The number of aromatic nitrogens is 3. The quantitative estimate of drug-likeness (QED) is 0.0913. The van der Waals surface area contributed by atoms with Crippen LogP contribution in [0.2, 0.25) is 0 Å². The number of nitrogens with two attached hydrogens (primary N) is 2. The molecule has 0 amide bonds. The Kier molecular flexibility index (Phi) is 9.56. The van der Waals surface area contributed by atoms with Gasteiger partial charge in [-0.05, 0) is 65.7 Å². The summed E-state index contributed by atoms with van der Waals surface area (Å²) in [6.07, 6.45) is 5.19. The first kappa shape index (κ1) is 31.9. The van der Waals surface area contributed by atoms with Crippen molar-refractivity contribution < 1.29 is 40.0 Å². The first-order chi connectivity index (χ1) is 21.3. The van der Waals surface area contributed by atoms with Crippen molar-refractivity contribution in [3.05, 3.63) is 94.4 Å². The topological polar surface area (TPSA) is 278 Å². The summed E-state index contributed by atoms with van der Waals surface area (Å²) in [4.78, 5) is 40.5. The van der Waals surface area contributed by atoms with Gasteiger partial charge in [0.1, 0.15) is 23.6 Å². The second-order valence-electron chi connectivity index (χ2n) is 10.0. The van der Waals surface area contributed by atoms with E-state index < -0.39 is 40.4 Å². The molecule has 0 aliphatic carbocycles. The fourth-order valence-corrected chi connectivity index (χ4v) is 4.63. The van der Waals surface area contributed by atoms with Crippen LogP contribution in [0, 0.1) is 10.1 Å². The van der Waals surface area contributed by atoms with Gasteiger partial charge in [0, 0.05) is 53.2 Å². The Morgan fingerprint density at radius 1 is 0.756 bits per heavy atom. The van der Waals surface area contributed by atoms with Crippen LogP contribution in [0.4, 0.5) is 5.69 Å². The van der Waals surface area contributed by atoms with Crippen LogP contribution in [-0.2, 0) is 22.4 Å². The Bertz CT molecular complexity index is 1990. The zero-order valence-electron chi connectivity index (χ0n) is 23.5. The van der Waals surface area contributed by atoms with Gasteiger partial charge in [0.25, 0.3) is 0 Å². The van der Waals surface area contributed by atoms with Gasteiger partial charge in [0.05, 0.1) is 15.8 Å². The molecular formula is C30H30N6O9. The minimum atomic E-state index is -1.20. The van der Waals surface area contributed by atoms with Crippen LogP contribution in [0.5, 0.6) is 17.2 Å². The van der Waals surface area contributed by atoms with E-state index in [1.807, 2.05) is 18.3 Å². The minimum absolute atomic E-state index is 0.0698. The molecule has 15 heteroatoms. The van der Waals surface area contributed by atoms with Crippen LogP contribution in [0.1, 0.15) is 11.1 Å². The Hall–Kier alpha value is -6.06. The number of phenolic OH excluding ortho intramolecular Hbond substituents is 3. The lowest BCUT2D eigenvalue weighted by Crippen LogP contribution is -2.32. The van der Waals surface area contributed by atoms with Gasteiger partial charge < -0.3 is 52.0 Å². The number of hydrogen-bond acceptors (Lipinski definition) is 9. The number of nitrogens with one attached hydrogen (secondary N) is 3. The van der Waals surface area contributed by atoms with E-state index in [1.165, 1.54) is 18.3 Å². The molecule has 12 N–H and O–H groups in total. The lowest BCUT2D eigenvalue weighted by molar-refractivity contribution is -0.384. The number of aromatic hydroxyl groups is 3. The average Bonchev–Trinajstić information content (AvgIpc) is 3.72. The number of carboxylic acid groups (broad SMARTS) is 2. The van der Waals surface area contributed by atoms with Crippen LogP contribution in [0.15, 0.2) is 73.2 Å². The number of benzene rings is 3. The molecule has 0 aliphatic rings. The summed E-state index contributed by atoms with van der Waals surface area (Å²) >= 11 is 0. The zero-order valence-corrected chi connectivity index (χ0v) is 23.5. The van der Waals surface area contributed by atoms with Crippen molar-refractivity contribution in [3.8, 4) is 17.2 Å². The van der Waals surface area contributed by atoms with Crippen LogP contribution < -0.4 is 11.5 Å². The van der Waals surface area contributed by atoms with E-state index in [2.05, 4.69) is 15.0 Å². The number of phenols is 3. The van der Waals surface area contributed by atoms with E-state index in [1.54, 1.807) is 36.5 Å². The van der Waals surface area contributed by atoms with Gasteiger partial charge in [0.15, 0.2) is 5.75 Å². The van der Waals surface area contributed by atoms with Crippen molar-refractivity contribution in [2.75, 3.05) is 0 Å². The first-order valence-electron chi connectivity index (χ1n) is 13.3. The Morgan fingerprint density at radius 2 is 1.31 bits per heavy atom. The molecular weight excluding hydrogens is 588 g/mol. The van der Waals surface area contributed by atoms with Crippen molar-refractivity contribution in [2.24, 2.45) is 11.5 Å². The molecule has 0 saturated carbocycles. The van der Waals surface area contributed by atoms with Gasteiger partial charge in [0.2, 0.25) is 0 Å². The second-order valence-corrected chi connectivity index (χ2v) is 10.0. The van der Waals surface area contributed by atoms with Crippen molar-refractivity contribution in [2.45, 2.75) is 24.9 Å². The molecule has 0 fully saturated rings. The molecule has 234 valence electrons. The van der Waals surface area contributed by atoms with Gasteiger partial charge in [-0.1, -0.05) is 0 Å². The first-order valence-corrected chi connectivity index (χ1v) is 13.3. The molecule has 6 rings (SSSR count). The fraction of sp³-hybridized carbons (Fsp3) is 0.133. The zero-order chi connectivity index (χ0) is 32.8. The van der Waals surface area contributed by atoms with Crippen molar-refractivity contribution in [3.63, 3.8) is 0 Å². The number of rotatable bonds is 7. The molecule has 2 unspecified atom stereocenters. The van der Waals surface area contributed by atoms with E-state index in [0.29, 0.717) is 16.8 Å². The maximum atomic E-state index is 11.0. The van der Waals surface area contributed by atoms with Crippen LogP contribution in [-0.4, -0.2) is 69.4 Å². The number of aliphatic carboxylic acids is 2. The molecule has 0 radical (unpaired) electrons. The molecule has 15 nitrogen and oxygen atoms in total. The predicted molar refractivity (Wildman–Crippen MR) is 165 cm³/mol. The van der Waals surface area contributed by atoms with Gasteiger partial charge in [-0.2, -0.15) is 0 Å². The van der Waals surface area contributed by atoms with Crippen LogP contribution in [0.25, 0.3) is 32.7 Å². The maximum absolute atomic E-state index is 11.0. The highest BCUT2D eigenvalue weighted by molar-refractivity contribution is 5.95. The van der Waals surface area contributed by atoms with Crippen molar-refractivity contribution >= 4 is 50.3 Å². The summed E-state index contributed by atoms with van der Waals surface area (Å²) in [5.41, 5.74) is 13.9. The molecule has 0 saturated heterocycles. The standard InChI is InChI=1S/C11H11N3O5.C11H12N2O3.C8H7NO/c12-6(11(16)17)3-5-4-13-7-1-2-8(15)10(9(5)7)14(18)19;12-9(11(15)16)3-6-5-13-10-2-1-7(14)4-8(6)10;10-7-1-2-8-6(5-7)3-4-9-8/h1-2,4,6,13,15H,3,12H2,(H,16,17);1-2,4-5,9,13-14H,3,12H2,(H,15,16);1-5,9-10H. The third-order valence-corrected chi connectivity index (χ3v) is 6.86. The molecule has 0 spiro atoms. The van der Waals surface area contributed by atoms with E-state index in [0.717, 1.165) is 27.4 Å². The van der Waals surface area contributed by atoms with Crippen molar-refractivity contribution in [1.29, 1.82) is 0 Å². The summed E-state index contributed by atoms with van der Waals surface area (Å²) in [5, 5.41) is 58.5. The molecule has 3 aromatic heterocycles. The summed E-state index contributed by atoms with van der Waals surface area (Å²) in [5.74, 6) is -2.24. The summed E-state index contributed by atoms with van der Waals surface area (Å²) in [6.45, 7) is 0. The molecule has 0 bridgehead atoms. The number of nitro groups is 1. The highest BCUT2D eigenvalue weighted by atomic mass is 16.6. The van der Waals surface area contributed by atoms with E-state index in [-0.39, 0.29) is 24.0 Å².